The van der Waals surface area contributed by atoms with E-state index in [0.717, 1.165) is 28.6 Å². The van der Waals surface area contributed by atoms with Crippen molar-refractivity contribution in [2.75, 3.05) is 11.9 Å². The average Bonchev–Trinajstić information content (AvgIpc) is 3.37. The molecule has 3 N–H and O–H groups in total. The van der Waals surface area contributed by atoms with Crippen molar-refractivity contribution in [3.05, 3.63) is 76.5 Å². The minimum atomic E-state index is -0.913. The van der Waals surface area contributed by atoms with E-state index in [4.69, 9.17) is 16.1 Å². The van der Waals surface area contributed by atoms with Gasteiger partial charge < -0.3 is 20.1 Å². The highest BCUT2D eigenvalue weighted by Gasteiger charge is 2.18. The Morgan fingerprint density at radius 3 is 2.81 bits per heavy atom. The number of nitrogens with one attached hydrogen (secondary N) is 3. The van der Waals surface area contributed by atoms with Crippen molar-refractivity contribution in [3.63, 3.8) is 0 Å². The Kier molecular flexibility index (Phi) is 6.13. The predicted octanol–water partition coefficient (Wildman–Crippen LogP) is 3.64. The van der Waals surface area contributed by atoms with E-state index < -0.39 is 23.4 Å². The van der Waals surface area contributed by atoms with E-state index in [1.54, 1.807) is 6.07 Å². The Morgan fingerprint density at radius 1 is 1.16 bits per heavy atom. The van der Waals surface area contributed by atoms with E-state index in [1.165, 1.54) is 0 Å². The van der Waals surface area contributed by atoms with Gasteiger partial charge in [0.2, 0.25) is 5.91 Å². The standard InChI is InChI=1S/C21H16ClF2N5O3/c22-12-1-3-16-14(7-12)11(10-26-16)5-6-25-20(31)21-28-18(29-32-21)9-19(30)27-17-4-2-13(23)8-15(17)24/h1-4,7-8,10,26H,5-6,9H2,(H,25,31)(H,27,30). The van der Waals surface area contributed by atoms with Gasteiger partial charge in [0.1, 0.15) is 11.6 Å². The van der Waals surface area contributed by atoms with Crippen molar-refractivity contribution in [3.8, 4) is 0 Å². The van der Waals surface area contributed by atoms with E-state index in [1.807, 2.05) is 18.3 Å². The normalized spacial score (nSPS) is 11.0. The Bertz CT molecular complexity index is 1300. The number of benzene rings is 2. The van der Waals surface area contributed by atoms with Crippen LogP contribution < -0.4 is 10.6 Å². The van der Waals surface area contributed by atoms with E-state index >= 15 is 0 Å². The zero-order valence-electron chi connectivity index (χ0n) is 16.4. The van der Waals surface area contributed by atoms with Gasteiger partial charge in [0.05, 0.1) is 12.1 Å². The third kappa shape index (κ3) is 4.92. The summed E-state index contributed by atoms with van der Waals surface area (Å²) in [6.07, 6.45) is 2.03. The second kappa shape index (κ2) is 9.15. The lowest BCUT2D eigenvalue weighted by atomic mass is 10.1. The molecule has 2 aromatic heterocycles. The number of amides is 2. The molecule has 0 aliphatic heterocycles. The lowest BCUT2D eigenvalue weighted by Gasteiger charge is -2.04. The fraction of sp³-hybridized carbons (Fsp3) is 0.143. The van der Waals surface area contributed by atoms with Gasteiger partial charge in [-0.1, -0.05) is 16.8 Å². The Balaban J connectivity index is 1.30. The Morgan fingerprint density at radius 2 is 2.00 bits per heavy atom. The molecule has 4 aromatic rings. The summed E-state index contributed by atoms with van der Waals surface area (Å²) in [6.45, 7) is 0.306. The molecule has 0 saturated heterocycles. The van der Waals surface area contributed by atoms with Crippen LogP contribution in [0.3, 0.4) is 0 Å². The highest BCUT2D eigenvalue weighted by Crippen LogP contribution is 2.22. The maximum Gasteiger partial charge on any atom is 0.315 e. The van der Waals surface area contributed by atoms with Gasteiger partial charge in [0.25, 0.3) is 0 Å². The van der Waals surface area contributed by atoms with E-state index in [0.29, 0.717) is 24.1 Å². The number of aromatic amines is 1. The van der Waals surface area contributed by atoms with Gasteiger partial charge in [0, 0.05) is 34.7 Å². The first-order chi connectivity index (χ1) is 15.4. The van der Waals surface area contributed by atoms with Crippen molar-refractivity contribution in [1.29, 1.82) is 0 Å². The van der Waals surface area contributed by atoms with Crippen LogP contribution in [-0.4, -0.2) is 33.5 Å². The summed E-state index contributed by atoms with van der Waals surface area (Å²) in [5.41, 5.74) is 1.74. The van der Waals surface area contributed by atoms with Gasteiger partial charge >= 0.3 is 11.8 Å². The van der Waals surface area contributed by atoms with Gasteiger partial charge in [-0.3, -0.25) is 9.59 Å². The van der Waals surface area contributed by atoms with Gasteiger partial charge in [0.15, 0.2) is 5.82 Å². The second-order valence-electron chi connectivity index (χ2n) is 6.87. The van der Waals surface area contributed by atoms with Crippen molar-refractivity contribution in [1.82, 2.24) is 20.4 Å². The number of carbonyl (C=O) groups is 2. The summed E-state index contributed by atoms with van der Waals surface area (Å²) in [5, 5.41) is 10.1. The molecule has 8 nitrogen and oxygen atoms in total. The number of nitrogens with zero attached hydrogens (tertiary/aromatic N) is 2. The molecule has 0 aliphatic carbocycles. The smallest absolute Gasteiger partial charge is 0.315 e. The fourth-order valence-electron chi connectivity index (χ4n) is 3.09. The quantitative estimate of drug-likeness (QED) is 0.390. The van der Waals surface area contributed by atoms with E-state index in [-0.39, 0.29) is 23.8 Å². The van der Waals surface area contributed by atoms with Crippen LogP contribution in [0.15, 0.2) is 47.1 Å². The molecule has 164 valence electrons. The minimum Gasteiger partial charge on any atom is -0.361 e. The van der Waals surface area contributed by atoms with Crippen molar-refractivity contribution >= 4 is 40.0 Å². The third-order valence-corrected chi connectivity index (χ3v) is 4.83. The van der Waals surface area contributed by atoms with Crippen molar-refractivity contribution in [2.24, 2.45) is 0 Å². The first-order valence-corrected chi connectivity index (χ1v) is 9.88. The molecule has 0 fully saturated rings. The molecular formula is C21H16ClF2N5O3. The SMILES string of the molecule is O=C(Cc1noc(C(=O)NCCc2c[nH]c3ccc(Cl)cc23)n1)Nc1ccc(F)cc1F. The summed E-state index contributed by atoms with van der Waals surface area (Å²) in [4.78, 5) is 31.3. The molecule has 32 heavy (non-hydrogen) atoms. The number of rotatable bonds is 7. The van der Waals surface area contributed by atoms with Crippen LogP contribution in [0.25, 0.3) is 10.9 Å². The molecule has 0 spiro atoms. The fourth-order valence-corrected chi connectivity index (χ4v) is 3.26. The molecule has 0 aliphatic rings. The van der Waals surface area contributed by atoms with E-state index in [9.17, 15) is 18.4 Å². The molecule has 2 heterocycles. The van der Waals surface area contributed by atoms with Gasteiger partial charge in [-0.25, -0.2) is 8.78 Å². The number of anilines is 1. The van der Waals surface area contributed by atoms with Gasteiger partial charge in [-0.05, 0) is 42.3 Å². The number of carbonyl (C=O) groups excluding carboxylic acids is 2. The summed E-state index contributed by atoms with van der Waals surface area (Å²) in [5.74, 6) is -3.27. The molecule has 11 heteroatoms. The third-order valence-electron chi connectivity index (χ3n) is 4.60. The number of fused-ring (bicyclic) bond motifs is 1. The molecular weight excluding hydrogens is 444 g/mol. The second-order valence-corrected chi connectivity index (χ2v) is 7.31. The number of hydrogen-bond donors (Lipinski definition) is 3. The van der Waals surface area contributed by atoms with Crippen LogP contribution in [0.4, 0.5) is 14.5 Å². The van der Waals surface area contributed by atoms with Crippen LogP contribution in [0.1, 0.15) is 22.1 Å². The molecule has 2 aromatic carbocycles. The van der Waals surface area contributed by atoms with Crippen molar-refractivity contribution < 1.29 is 22.9 Å². The lowest BCUT2D eigenvalue weighted by Crippen LogP contribution is -2.26. The van der Waals surface area contributed by atoms with Crippen LogP contribution >= 0.6 is 11.6 Å². The van der Waals surface area contributed by atoms with Gasteiger partial charge in [-0.2, -0.15) is 4.98 Å². The van der Waals surface area contributed by atoms with Crippen LogP contribution in [0, 0.1) is 11.6 Å². The lowest BCUT2D eigenvalue weighted by molar-refractivity contribution is -0.115. The molecule has 0 bridgehead atoms. The molecule has 0 saturated carbocycles. The topological polar surface area (TPSA) is 113 Å². The number of halogens is 3. The maximum atomic E-state index is 13.6. The maximum absolute atomic E-state index is 13.6. The largest absolute Gasteiger partial charge is 0.361 e. The highest BCUT2D eigenvalue weighted by molar-refractivity contribution is 6.31. The summed E-state index contributed by atoms with van der Waals surface area (Å²) >= 11 is 6.04. The Hall–Kier alpha value is -3.79. The zero-order chi connectivity index (χ0) is 22.7. The number of aromatic nitrogens is 3. The molecule has 0 unspecified atom stereocenters. The predicted molar refractivity (Wildman–Crippen MR) is 112 cm³/mol. The van der Waals surface area contributed by atoms with Gasteiger partial charge in [-0.15, -0.1) is 0 Å². The highest BCUT2D eigenvalue weighted by atomic mass is 35.5. The summed E-state index contributed by atoms with van der Waals surface area (Å²) in [7, 11) is 0. The minimum absolute atomic E-state index is 0.0542. The average molecular weight is 460 g/mol. The molecule has 0 atom stereocenters. The Labute approximate surface area is 185 Å². The first-order valence-electron chi connectivity index (χ1n) is 9.50. The molecule has 4 rings (SSSR count). The summed E-state index contributed by atoms with van der Waals surface area (Å²) < 4.78 is 31.4. The van der Waals surface area contributed by atoms with Crippen molar-refractivity contribution in [2.45, 2.75) is 12.8 Å². The number of hydrogen-bond acceptors (Lipinski definition) is 5. The zero-order valence-corrected chi connectivity index (χ0v) is 17.2. The van der Waals surface area contributed by atoms with Crippen LogP contribution in [0.5, 0.6) is 0 Å². The first kappa shape index (κ1) is 21.4. The molecule has 0 radical (unpaired) electrons. The van der Waals surface area contributed by atoms with Crippen LogP contribution in [0.2, 0.25) is 5.02 Å². The summed E-state index contributed by atoms with van der Waals surface area (Å²) in [6, 6.07) is 8.27. The van der Waals surface area contributed by atoms with Crippen LogP contribution in [-0.2, 0) is 17.6 Å². The van der Waals surface area contributed by atoms with E-state index in [2.05, 4.69) is 25.8 Å². The molecule has 2 amide bonds. The number of H-pyrrole nitrogens is 1. The monoisotopic (exact) mass is 459 g/mol.